The first-order valence-corrected chi connectivity index (χ1v) is 11.0. The van der Waals surface area contributed by atoms with Crippen LogP contribution in [0.25, 0.3) is 12.2 Å². The Morgan fingerprint density at radius 1 is 0.600 bits per heavy atom. The Balaban J connectivity index is 1.38. The molecule has 0 radical (unpaired) electrons. The zero-order chi connectivity index (χ0) is 24.5. The quantitative estimate of drug-likeness (QED) is 0.0907. The van der Waals surface area contributed by atoms with Crippen LogP contribution in [0.2, 0.25) is 0 Å². The Morgan fingerprint density at radius 2 is 1.03 bits per heavy atom. The van der Waals surface area contributed by atoms with Gasteiger partial charge in [0.05, 0.1) is 0 Å². The number of rotatable bonds is 8. The van der Waals surface area contributed by atoms with E-state index < -0.39 is 0 Å². The number of carbonyl (C=O) groups excluding carboxylic acids is 2. The predicted molar refractivity (Wildman–Crippen MR) is 138 cm³/mol. The van der Waals surface area contributed by atoms with Crippen molar-refractivity contribution in [1.29, 1.82) is 0 Å². The monoisotopic (exact) mass is 458 g/mol. The zero-order valence-corrected chi connectivity index (χ0v) is 18.8. The van der Waals surface area contributed by atoms with E-state index in [1.807, 2.05) is 36.4 Å². The van der Waals surface area contributed by atoms with E-state index >= 15 is 0 Å². The molecule has 0 amide bonds. The van der Waals surface area contributed by atoms with Crippen LogP contribution in [0.5, 0.6) is 0 Å². The van der Waals surface area contributed by atoms with Gasteiger partial charge in [-0.2, -0.15) is 0 Å². The van der Waals surface area contributed by atoms with Gasteiger partial charge in [-0.1, -0.05) is 89.8 Å². The Morgan fingerprint density at radius 3 is 1.49 bits per heavy atom. The summed E-state index contributed by atoms with van der Waals surface area (Å²) in [6, 6.07) is 31.9. The van der Waals surface area contributed by atoms with Crippen molar-refractivity contribution >= 4 is 35.1 Å². The fourth-order valence-corrected chi connectivity index (χ4v) is 3.27. The summed E-state index contributed by atoms with van der Waals surface area (Å²) in [5.74, 6) is -0.161. The number of benzene rings is 4. The Hall–Kier alpha value is -4.90. The summed E-state index contributed by atoms with van der Waals surface area (Å²) in [6.07, 6.45) is 6.46. The first-order valence-electron chi connectivity index (χ1n) is 11.0. The molecule has 0 N–H and O–H groups in total. The minimum Gasteiger partial charge on any atom is -0.594 e. The van der Waals surface area contributed by atoms with E-state index in [0.717, 1.165) is 11.1 Å². The average Bonchev–Trinajstić information content (AvgIpc) is 2.92. The average molecular weight is 459 g/mol. The summed E-state index contributed by atoms with van der Waals surface area (Å²) in [4.78, 5) is 24.9. The fraction of sp³-hybridized carbons (Fsp3) is 0. The van der Waals surface area contributed by atoms with Crippen LogP contribution in [0.3, 0.4) is 0 Å². The number of hydrogen-bond donors (Lipinski definition) is 0. The molecule has 0 atom stereocenters. The molecule has 5 nitrogen and oxygen atoms in total. The molecule has 5 heteroatoms. The van der Waals surface area contributed by atoms with E-state index in [2.05, 4.69) is 5.11 Å². The lowest BCUT2D eigenvalue weighted by atomic mass is 10.1. The maximum atomic E-state index is 12.5. The van der Waals surface area contributed by atoms with Gasteiger partial charge < -0.3 is 5.21 Å². The number of azo groups is 1. The van der Waals surface area contributed by atoms with Crippen molar-refractivity contribution < 1.29 is 14.4 Å². The highest BCUT2D eigenvalue weighted by Crippen LogP contribution is 2.20. The van der Waals surface area contributed by atoms with Gasteiger partial charge in [-0.25, -0.2) is 0 Å². The van der Waals surface area contributed by atoms with Crippen molar-refractivity contribution in [3.8, 4) is 0 Å². The van der Waals surface area contributed by atoms with Crippen molar-refractivity contribution in [2.45, 2.75) is 0 Å². The molecule has 4 rings (SSSR count). The van der Waals surface area contributed by atoms with E-state index in [9.17, 15) is 14.8 Å². The third kappa shape index (κ3) is 6.55. The molecular formula is C30H22N2O3. The molecule has 35 heavy (non-hydrogen) atoms. The van der Waals surface area contributed by atoms with Gasteiger partial charge in [-0.15, -0.1) is 0 Å². The van der Waals surface area contributed by atoms with Crippen LogP contribution in [-0.4, -0.2) is 16.4 Å². The van der Waals surface area contributed by atoms with Gasteiger partial charge in [-0.05, 0) is 47.5 Å². The summed E-state index contributed by atoms with van der Waals surface area (Å²) in [5.41, 5.74) is 3.73. The number of hydrogen-bond acceptors (Lipinski definition) is 4. The van der Waals surface area contributed by atoms with Crippen LogP contribution >= 0.6 is 0 Å². The number of ketones is 2. The molecular weight excluding hydrogens is 436 g/mol. The minimum absolute atomic E-state index is 0.0761. The predicted octanol–water partition coefficient (Wildman–Crippen LogP) is 7.40. The second-order valence-electron chi connectivity index (χ2n) is 7.68. The van der Waals surface area contributed by atoms with E-state index in [4.69, 9.17) is 0 Å². The molecule has 0 aliphatic rings. The number of nitrogens with zero attached hydrogens (tertiary/aromatic N) is 2. The zero-order valence-electron chi connectivity index (χ0n) is 18.8. The molecule has 4 aromatic carbocycles. The number of carbonyl (C=O) groups is 2. The highest BCUT2D eigenvalue weighted by atomic mass is 16.5. The Labute approximate surface area is 203 Å². The van der Waals surface area contributed by atoms with Gasteiger partial charge in [0.15, 0.2) is 11.6 Å². The van der Waals surface area contributed by atoms with E-state index in [1.54, 1.807) is 84.9 Å². The Kier molecular flexibility index (Phi) is 7.51. The second kappa shape index (κ2) is 11.3. The molecule has 0 spiro atoms. The highest BCUT2D eigenvalue weighted by molar-refractivity contribution is 6.07. The molecule has 4 aromatic rings. The van der Waals surface area contributed by atoms with Gasteiger partial charge >= 0.3 is 0 Å². The van der Waals surface area contributed by atoms with Crippen LogP contribution in [0, 0.1) is 5.21 Å². The molecule has 0 aliphatic carbocycles. The molecule has 0 heterocycles. The maximum absolute atomic E-state index is 12.5. The van der Waals surface area contributed by atoms with Gasteiger partial charge in [0.1, 0.15) is 5.69 Å². The maximum Gasteiger partial charge on any atom is 0.244 e. The molecule has 0 aromatic heterocycles. The van der Waals surface area contributed by atoms with Crippen LogP contribution in [0.4, 0.5) is 11.4 Å². The molecule has 0 unspecified atom stereocenters. The molecule has 0 fully saturated rings. The molecule has 0 saturated heterocycles. The fourth-order valence-electron chi connectivity index (χ4n) is 3.27. The first-order chi connectivity index (χ1) is 17.1. The summed E-state index contributed by atoms with van der Waals surface area (Å²) in [6.45, 7) is 0. The van der Waals surface area contributed by atoms with Crippen molar-refractivity contribution in [3.05, 3.63) is 149 Å². The van der Waals surface area contributed by atoms with Crippen molar-refractivity contribution in [1.82, 2.24) is 0 Å². The molecule has 0 saturated carbocycles. The molecule has 170 valence electrons. The van der Waals surface area contributed by atoms with Gasteiger partial charge in [-0.3, -0.25) is 9.59 Å². The van der Waals surface area contributed by atoms with Crippen molar-refractivity contribution in [3.63, 3.8) is 0 Å². The highest BCUT2D eigenvalue weighted by Gasteiger charge is 2.05. The molecule has 0 bridgehead atoms. The SMILES string of the molecule is O=C(/C=C\c1ccc([N+]([O-])=Nc2ccc(/C=C/C(=O)c3ccccc3)cc2)cc1)c1ccccc1. The van der Waals surface area contributed by atoms with Crippen molar-refractivity contribution in [2.75, 3.05) is 0 Å². The smallest absolute Gasteiger partial charge is 0.244 e. The lowest BCUT2D eigenvalue weighted by molar-refractivity contribution is -0.435. The summed E-state index contributed by atoms with van der Waals surface area (Å²) >= 11 is 0. The Bertz CT molecular complexity index is 1390. The van der Waals surface area contributed by atoms with E-state index in [1.165, 1.54) is 12.2 Å². The van der Waals surface area contributed by atoms with Crippen molar-refractivity contribution in [2.24, 2.45) is 5.11 Å². The summed E-state index contributed by atoms with van der Waals surface area (Å²) in [7, 11) is 0. The third-order valence-electron chi connectivity index (χ3n) is 5.18. The minimum atomic E-state index is -0.0853. The van der Waals surface area contributed by atoms with E-state index in [-0.39, 0.29) is 11.6 Å². The molecule has 0 aliphatic heterocycles. The largest absolute Gasteiger partial charge is 0.594 e. The van der Waals surface area contributed by atoms with Crippen LogP contribution < -0.4 is 0 Å². The first kappa shape index (κ1) is 23.3. The van der Waals surface area contributed by atoms with Gasteiger partial charge in [0.25, 0.3) is 0 Å². The van der Waals surface area contributed by atoms with Crippen LogP contribution in [-0.2, 0) is 0 Å². The second-order valence-corrected chi connectivity index (χ2v) is 7.68. The van der Waals surface area contributed by atoms with Gasteiger partial charge in [0, 0.05) is 28.4 Å². The van der Waals surface area contributed by atoms with Crippen LogP contribution in [0.15, 0.2) is 126 Å². The number of allylic oxidation sites excluding steroid dienone is 2. The summed E-state index contributed by atoms with van der Waals surface area (Å²) in [5, 5.41) is 16.5. The standard InChI is InChI=1S/C30H22N2O3/c33-29(25-7-3-1-4-8-25)21-15-23-11-17-27(18-12-23)31-32(35)28-19-13-24(14-20-28)16-22-30(34)26-9-5-2-6-10-26/h1-22H/b21-15+,22-16-,32-31?. The topological polar surface area (TPSA) is 72.6 Å². The lowest BCUT2D eigenvalue weighted by Gasteiger charge is -2.01. The van der Waals surface area contributed by atoms with Gasteiger partial charge in [0.2, 0.25) is 5.69 Å². The lowest BCUT2D eigenvalue weighted by Crippen LogP contribution is -1.93. The van der Waals surface area contributed by atoms with E-state index in [0.29, 0.717) is 27.4 Å². The normalized spacial score (nSPS) is 11.7. The summed E-state index contributed by atoms with van der Waals surface area (Å²) < 4.78 is 0. The van der Waals surface area contributed by atoms with Crippen LogP contribution in [0.1, 0.15) is 31.8 Å². The third-order valence-corrected chi connectivity index (χ3v) is 5.18.